The van der Waals surface area contributed by atoms with Crippen LogP contribution in [-0.2, 0) is 11.3 Å². The fraction of sp³-hybridized carbons (Fsp3) is 0.370. The summed E-state index contributed by atoms with van der Waals surface area (Å²) in [5.41, 5.74) is 2.57. The lowest BCUT2D eigenvalue weighted by Crippen LogP contribution is -2.48. The summed E-state index contributed by atoms with van der Waals surface area (Å²) in [7, 11) is 1.54. The molecule has 0 saturated carbocycles. The average molecular weight is 518 g/mol. The number of benzene rings is 1. The van der Waals surface area contributed by atoms with Crippen LogP contribution in [0.25, 0.3) is 0 Å². The molecule has 1 aromatic carbocycles. The molecule has 0 radical (unpaired) electrons. The van der Waals surface area contributed by atoms with E-state index in [1.807, 2.05) is 16.3 Å². The topological polar surface area (TPSA) is 131 Å². The van der Waals surface area contributed by atoms with Gasteiger partial charge in [-0.2, -0.15) is 0 Å². The molecule has 4 amide bonds. The first-order valence-electron chi connectivity index (χ1n) is 12.4. The molecule has 2 aromatic rings. The number of methoxy groups -OCH3 is 1. The summed E-state index contributed by atoms with van der Waals surface area (Å²) >= 11 is 0. The van der Waals surface area contributed by atoms with E-state index in [1.54, 1.807) is 35.4 Å². The SMILES string of the molecule is CCN1CCN(C(=N)c2ccc(C#C[C@H](CN3Cc4ccc(OC)cc4C3=O)NC(=O)NC=O)cn2)CC1. The van der Waals surface area contributed by atoms with Gasteiger partial charge in [0.2, 0.25) is 6.41 Å². The van der Waals surface area contributed by atoms with E-state index in [0.29, 0.717) is 35.0 Å². The zero-order valence-corrected chi connectivity index (χ0v) is 21.5. The van der Waals surface area contributed by atoms with E-state index in [4.69, 9.17) is 10.1 Å². The molecule has 0 bridgehead atoms. The smallest absolute Gasteiger partial charge is 0.322 e. The van der Waals surface area contributed by atoms with Crippen molar-refractivity contribution in [1.82, 2.24) is 30.3 Å². The van der Waals surface area contributed by atoms with Crippen molar-refractivity contribution >= 4 is 24.2 Å². The number of ether oxygens (including phenoxy) is 1. The highest BCUT2D eigenvalue weighted by Crippen LogP contribution is 2.26. The van der Waals surface area contributed by atoms with E-state index >= 15 is 0 Å². The summed E-state index contributed by atoms with van der Waals surface area (Å²) < 4.78 is 5.22. The van der Waals surface area contributed by atoms with Gasteiger partial charge in [0, 0.05) is 50.0 Å². The van der Waals surface area contributed by atoms with Crippen molar-refractivity contribution < 1.29 is 19.1 Å². The van der Waals surface area contributed by atoms with Crippen LogP contribution >= 0.6 is 0 Å². The summed E-state index contributed by atoms with van der Waals surface area (Å²) in [4.78, 5) is 46.1. The number of fused-ring (bicyclic) bond motifs is 1. The molecule has 198 valence electrons. The summed E-state index contributed by atoms with van der Waals surface area (Å²) in [6, 6.07) is 7.40. The number of urea groups is 1. The number of nitrogens with zero attached hydrogens (tertiary/aromatic N) is 4. The number of hydrogen-bond acceptors (Lipinski definition) is 7. The minimum atomic E-state index is -0.747. The van der Waals surface area contributed by atoms with Crippen molar-refractivity contribution in [3.05, 3.63) is 58.9 Å². The Labute approximate surface area is 221 Å². The molecule has 1 atom stereocenters. The minimum absolute atomic E-state index is 0.120. The molecule has 11 heteroatoms. The first-order chi connectivity index (χ1) is 18.4. The van der Waals surface area contributed by atoms with Crippen LogP contribution in [-0.4, -0.2) is 96.3 Å². The fourth-order valence-corrected chi connectivity index (χ4v) is 4.44. The Morgan fingerprint density at radius 3 is 2.68 bits per heavy atom. The van der Waals surface area contributed by atoms with E-state index in [9.17, 15) is 14.4 Å². The molecule has 38 heavy (non-hydrogen) atoms. The van der Waals surface area contributed by atoms with Gasteiger partial charge in [0.15, 0.2) is 0 Å². The van der Waals surface area contributed by atoms with Crippen LogP contribution in [0.5, 0.6) is 5.75 Å². The number of pyridine rings is 1. The number of imide groups is 1. The van der Waals surface area contributed by atoms with Gasteiger partial charge in [0.25, 0.3) is 5.91 Å². The maximum absolute atomic E-state index is 13.0. The van der Waals surface area contributed by atoms with Crippen LogP contribution < -0.4 is 15.4 Å². The number of carbonyl (C=O) groups excluding carboxylic acids is 3. The van der Waals surface area contributed by atoms with Crippen LogP contribution in [0.3, 0.4) is 0 Å². The number of amides is 4. The van der Waals surface area contributed by atoms with Gasteiger partial charge in [-0.3, -0.25) is 25.3 Å². The summed E-state index contributed by atoms with van der Waals surface area (Å²) in [5.74, 6) is 6.75. The van der Waals surface area contributed by atoms with Crippen LogP contribution in [0.2, 0.25) is 0 Å². The molecule has 2 aliphatic heterocycles. The Hall–Kier alpha value is -4.43. The molecule has 1 saturated heterocycles. The van der Waals surface area contributed by atoms with E-state index in [1.165, 1.54) is 7.11 Å². The minimum Gasteiger partial charge on any atom is -0.497 e. The monoisotopic (exact) mass is 517 g/mol. The Kier molecular flexibility index (Phi) is 8.55. The third-order valence-electron chi connectivity index (χ3n) is 6.63. The molecule has 4 rings (SSSR count). The van der Waals surface area contributed by atoms with E-state index in [0.717, 1.165) is 38.3 Å². The highest BCUT2D eigenvalue weighted by molar-refractivity contribution is 5.99. The quantitative estimate of drug-likeness (QED) is 0.215. The zero-order chi connectivity index (χ0) is 27.1. The molecule has 0 unspecified atom stereocenters. The highest BCUT2D eigenvalue weighted by Gasteiger charge is 2.29. The predicted octanol–water partition coefficient (Wildman–Crippen LogP) is 0.885. The second kappa shape index (κ2) is 12.2. The van der Waals surface area contributed by atoms with Gasteiger partial charge in [-0.25, -0.2) is 4.79 Å². The van der Waals surface area contributed by atoms with Crippen molar-refractivity contribution in [3.63, 3.8) is 0 Å². The van der Waals surface area contributed by atoms with Crippen LogP contribution in [0.4, 0.5) is 4.79 Å². The third kappa shape index (κ3) is 6.27. The lowest BCUT2D eigenvalue weighted by molar-refractivity contribution is -0.108. The molecular weight excluding hydrogens is 486 g/mol. The van der Waals surface area contributed by atoms with Gasteiger partial charge in [-0.1, -0.05) is 24.8 Å². The van der Waals surface area contributed by atoms with Gasteiger partial charge < -0.3 is 24.8 Å². The number of aromatic nitrogens is 1. The molecule has 0 spiro atoms. The number of piperazine rings is 1. The third-order valence-corrected chi connectivity index (χ3v) is 6.63. The molecule has 3 heterocycles. The van der Waals surface area contributed by atoms with Crippen LogP contribution in [0, 0.1) is 17.3 Å². The Bertz CT molecular complexity index is 1260. The Morgan fingerprint density at radius 2 is 2.03 bits per heavy atom. The number of rotatable bonds is 7. The van der Waals surface area contributed by atoms with E-state index in [2.05, 4.69) is 34.0 Å². The van der Waals surface area contributed by atoms with Gasteiger partial charge >= 0.3 is 6.03 Å². The lowest BCUT2D eigenvalue weighted by Gasteiger charge is -2.35. The zero-order valence-electron chi connectivity index (χ0n) is 21.5. The number of amidine groups is 1. The maximum atomic E-state index is 13.0. The number of carbonyl (C=O) groups is 3. The Morgan fingerprint density at radius 1 is 1.24 bits per heavy atom. The predicted molar refractivity (Wildman–Crippen MR) is 141 cm³/mol. The van der Waals surface area contributed by atoms with Crippen LogP contribution in [0.1, 0.15) is 34.1 Å². The van der Waals surface area contributed by atoms with Crippen molar-refractivity contribution in [2.45, 2.75) is 19.5 Å². The second-order valence-electron chi connectivity index (χ2n) is 8.97. The van der Waals surface area contributed by atoms with Crippen molar-refractivity contribution in [3.8, 4) is 17.6 Å². The summed E-state index contributed by atoms with van der Waals surface area (Å²) in [6.07, 6.45) is 1.87. The lowest BCUT2D eigenvalue weighted by atomic mass is 10.1. The van der Waals surface area contributed by atoms with E-state index in [-0.39, 0.29) is 18.9 Å². The highest BCUT2D eigenvalue weighted by atomic mass is 16.5. The molecule has 2 aliphatic rings. The summed E-state index contributed by atoms with van der Waals surface area (Å²) in [6.45, 7) is 7.06. The van der Waals surface area contributed by atoms with Crippen molar-refractivity contribution in [1.29, 1.82) is 5.41 Å². The van der Waals surface area contributed by atoms with E-state index < -0.39 is 12.1 Å². The largest absolute Gasteiger partial charge is 0.497 e. The standard InChI is InChI=1S/C27H31N7O4/c1-3-32-10-12-33(13-11-32)25(28)24-9-5-19(15-29-24)4-7-21(31-27(37)30-18-35)17-34-16-20-6-8-22(38-2)14-23(20)26(34)36/h5-6,8-9,14-15,18,21,28H,3,10-13,16-17H2,1-2H3,(H2,30,31,35,37)/t21-/m1/s1. The normalized spacial score (nSPS) is 15.7. The first-order valence-corrected chi connectivity index (χ1v) is 12.4. The van der Waals surface area contributed by atoms with Gasteiger partial charge in [-0.15, -0.1) is 0 Å². The van der Waals surface area contributed by atoms with Crippen LogP contribution in [0.15, 0.2) is 36.5 Å². The number of likely N-dealkylation sites (N-methyl/N-ethyl adjacent to an activating group) is 1. The molecule has 1 fully saturated rings. The molecular formula is C27H31N7O4. The second-order valence-corrected chi connectivity index (χ2v) is 8.97. The summed E-state index contributed by atoms with van der Waals surface area (Å²) in [5, 5.41) is 13.2. The molecule has 0 aliphatic carbocycles. The molecule has 1 aromatic heterocycles. The Balaban J connectivity index is 1.44. The van der Waals surface area contributed by atoms with Gasteiger partial charge in [-0.05, 0) is 36.4 Å². The first kappa shape index (κ1) is 26.6. The number of hydrogen-bond donors (Lipinski definition) is 3. The molecule has 3 N–H and O–H groups in total. The molecule has 11 nitrogen and oxygen atoms in total. The average Bonchev–Trinajstić information content (AvgIpc) is 3.25. The van der Waals surface area contributed by atoms with Crippen molar-refractivity contribution in [2.24, 2.45) is 0 Å². The van der Waals surface area contributed by atoms with Crippen molar-refractivity contribution in [2.75, 3.05) is 46.4 Å². The van der Waals surface area contributed by atoms with Gasteiger partial charge in [0.05, 0.1) is 13.7 Å². The fourth-order valence-electron chi connectivity index (χ4n) is 4.44. The number of nitrogens with one attached hydrogen (secondary N) is 3. The maximum Gasteiger partial charge on any atom is 0.322 e. The van der Waals surface area contributed by atoms with Gasteiger partial charge in [0.1, 0.15) is 23.3 Å².